The smallest absolute Gasteiger partial charge is 0.252 e. The first-order valence-electron chi connectivity index (χ1n) is 9.29. The lowest BCUT2D eigenvalue weighted by molar-refractivity contribution is -0.120. The number of hydrogen-bond donors (Lipinski definition) is 1. The number of amides is 1. The second kappa shape index (κ2) is 8.25. The fourth-order valence-electron chi connectivity index (χ4n) is 3.28. The summed E-state index contributed by atoms with van der Waals surface area (Å²) >= 11 is 1.07. The molecule has 3 heterocycles. The van der Waals surface area contributed by atoms with Crippen LogP contribution in [0.4, 0.5) is 10.1 Å². The van der Waals surface area contributed by atoms with Crippen LogP contribution in [0.5, 0.6) is 0 Å². The number of benzene rings is 1. The highest BCUT2D eigenvalue weighted by atomic mass is 32.2. The number of carbonyl (C=O) groups is 1. The average molecular weight is 451 g/mol. The highest BCUT2D eigenvalue weighted by molar-refractivity contribution is 7.91. The van der Waals surface area contributed by atoms with E-state index in [9.17, 15) is 17.6 Å². The van der Waals surface area contributed by atoms with E-state index < -0.39 is 27.7 Å². The summed E-state index contributed by atoms with van der Waals surface area (Å²) in [6, 6.07) is 7.39. The number of sulfonamides is 1. The molecule has 1 aliphatic heterocycles. The van der Waals surface area contributed by atoms with Gasteiger partial charge in [-0.05, 0) is 31.0 Å². The molecule has 0 aliphatic carbocycles. The number of rotatable bonds is 5. The third-order valence-electron chi connectivity index (χ3n) is 4.84. The summed E-state index contributed by atoms with van der Waals surface area (Å²) in [6.45, 7) is 2.01. The second-order valence-corrected chi connectivity index (χ2v) is 10.0. The zero-order valence-corrected chi connectivity index (χ0v) is 17.7. The van der Waals surface area contributed by atoms with Crippen LogP contribution < -0.4 is 5.32 Å². The predicted octanol–water partition coefficient (Wildman–Crippen LogP) is 3.29. The summed E-state index contributed by atoms with van der Waals surface area (Å²) in [4.78, 5) is 16.7. The van der Waals surface area contributed by atoms with Crippen LogP contribution in [0, 0.1) is 18.7 Å². The standard InChI is InChI=1S/C19H19FN4O4S2/c1-12-21-18(23-28-12)14-9-17(29-11-14)30(26,27)24-8-4-5-13(10-24)19(25)22-16-7-3-2-6-15(16)20/h2-3,6-7,9,11,13H,4-5,8,10H2,1H3,(H,22,25)/t13-/m0/s1. The number of nitrogens with one attached hydrogen (secondary N) is 1. The third kappa shape index (κ3) is 4.13. The summed E-state index contributed by atoms with van der Waals surface area (Å²) < 4.78 is 46.4. The molecule has 11 heteroatoms. The van der Waals surface area contributed by atoms with E-state index in [0.717, 1.165) is 11.3 Å². The molecule has 4 rings (SSSR count). The molecule has 3 aromatic rings. The maximum Gasteiger partial charge on any atom is 0.252 e. The lowest BCUT2D eigenvalue weighted by Crippen LogP contribution is -2.43. The summed E-state index contributed by atoms with van der Waals surface area (Å²) in [5, 5.41) is 8.02. The van der Waals surface area contributed by atoms with Gasteiger partial charge in [0, 0.05) is 31.0 Å². The summed E-state index contributed by atoms with van der Waals surface area (Å²) in [6.07, 6.45) is 1.07. The van der Waals surface area contributed by atoms with Crippen molar-refractivity contribution in [3.05, 3.63) is 47.4 Å². The van der Waals surface area contributed by atoms with Crippen molar-refractivity contribution in [2.45, 2.75) is 24.0 Å². The van der Waals surface area contributed by atoms with E-state index in [1.54, 1.807) is 18.4 Å². The van der Waals surface area contributed by atoms with Gasteiger partial charge in [-0.3, -0.25) is 4.79 Å². The zero-order valence-electron chi connectivity index (χ0n) is 16.0. The molecule has 8 nitrogen and oxygen atoms in total. The molecule has 1 N–H and O–H groups in total. The van der Waals surface area contributed by atoms with Crippen LogP contribution >= 0.6 is 11.3 Å². The average Bonchev–Trinajstić information content (AvgIpc) is 3.39. The first-order chi connectivity index (χ1) is 14.3. The van der Waals surface area contributed by atoms with Crippen LogP contribution in [0.1, 0.15) is 18.7 Å². The molecular weight excluding hydrogens is 431 g/mol. The molecule has 1 atom stereocenters. The van der Waals surface area contributed by atoms with Gasteiger partial charge in [-0.25, -0.2) is 12.8 Å². The normalized spacial score (nSPS) is 17.7. The van der Waals surface area contributed by atoms with E-state index in [1.165, 1.54) is 28.6 Å². The highest BCUT2D eigenvalue weighted by Crippen LogP contribution is 2.31. The third-order valence-corrected chi connectivity index (χ3v) is 8.12. The van der Waals surface area contributed by atoms with Crippen molar-refractivity contribution >= 4 is 33.0 Å². The number of nitrogens with zero attached hydrogens (tertiary/aromatic N) is 3. The SMILES string of the molecule is Cc1nc(-c2csc(S(=O)(=O)N3CCC[C@H](C(=O)Nc4ccccc4F)C3)c2)no1. The number of hydrogen-bond acceptors (Lipinski definition) is 7. The fourth-order valence-corrected chi connectivity index (χ4v) is 6.12. The summed E-state index contributed by atoms with van der Waals surface area (Å²) in [5.74, 6) is -0.776. The van der Waals surface area contributed by atoms with Crippen molar-refractivity contribution < 1.29 is 22.1 Å². The van der Waals surface area contributed by atoms with Crippen LogP contribution in [0.15, 0.2) is 44.4 Å². The van der Waals surface area contributed by atoms with Crippen molar-refractivity contribution in [3.63, 3.8) is 0 Å². The molecular formula is C19H19FN4O4S2. The lowest BCUT2D eigenvalue weighted by atomic mass is 9.98. The molecule has 2 aromatic heterocycles. The van der Waals surface area contributed by atoms with Gasteiger partial charge in [-0.15, -0.1) is 11.3 Å². The topological polar surface area (TPSA) is 105 Å². The predicted molar refractivity (Wildman–Crippen MR) is 109 cm³/mol. The first kappa shape index (κ1) is 20.6. The number of piperidine rings is 1. The van der Waals surface area contributed by atoms with Gasteiger partial charge in [-0.1, -0.05) is 17.3 Å². The van der Waals surface area contributed by atoms with Crippen molar-refractivity contribution in [1.29, 1.82) is 0 Å². The first-order valence-corrected chi connectivity index (χ1v) is 11.6. The van der Waals surface area contributed by atoms with Gasteiger partial charge in [0.25, 0.3) is 10.0 Å². The molecule has 0 radical (unpaired) electrons. The summed E-state index contributed by atoms with van der Waals surface area (Å²) in [5.41, 5.74) is 0.641. The highest BCUT2D eigenvalue weighted by Gasteiger charge is 2.34. The molecule has 1 saturated heterocycles. The molecule has 1 aliphatic rings. The van der Waals surface area contributed by atoms with E-state index >= 15 is 0 Å². The Morgan fingerprint density at radius 1 is 1.37 bits per heavy atom. The molecule has 1 fully saturated rings. The maximum atomic E-state index is 13.8. The number of aryl methyl sites for hydroxylation is 1. The molecule has 0 spiro atoms. The number of aromatic nitrogens is 2. The number of halogens is 1. The minimum Gasteiger partial charge on any atom is -0.339 e. The quantitative estimate of drug-likeness (QED) is 0.640. The Morgan fingerprint density at radius 3 is 2.90 bits per heavy atom. The van der Waals surface area contributed by atoms with Crippen LogP contribution in [-0.4, -0.2) is 41.9 Å². The molecule has 0 bridgehead atoms. The molecule has 30 heavy (non-hydrogen) atoms. The number of thiophene rings is 1. The Morgan fingerprint density at radius 2 is 2.17 bits per heavy atom. The van der Waals surface area contributed by atoms with Gasteiger partial charge in [0.2, 0.25) is 17.6 Å². The van der Waals surface area contributed by atoms with Crippen LogP contribution in [0.3, 0.4) is 0 Å². The minimum absolute atomic E-state index is 0.0389. The largest absolute Gasteiger partial charge is 0.339 e. The van der Waals surface area contributed by atoms with Crippen molar-refractivity contribution in [3.8, 4) is 11.4 Å². The summed E-state index contributed by atoms with van der Waals surface area (Å²) in [7, 11) is -3.78. The van der Waals surface area contributed by atoms with Gasteiger partial charge < -0.3 is 9.84 Å². The van der Waals surface area contributed by atoms with Crippen molar-refractivity contribution in [2.24, 2.45) is 5.92 Å². The van der Waals surface area contributed by atoms with Gasteiger partial charge >= 0.3 is 0 Å². The maximum absolute atomic E-state index is 13.8. The Balaban J connectivity index is 1.49. The van der Waals surface area contributed by atoms with Crippen LogP contribution in [-0.2, 0) is 14.8 Å². The number of para-hydroxylation sites is 1. The minimum atomic E-state index is -3.78. The monoisotopic (exact) mass is 450 g/mol. The van der Waals surface area contributed by atoms with Crippen LogP contribution in [0.2, 0.25) is 0 Å². The molecule has 158 valence electrons. The van der Waals surface area contributed by atoms with E-state index in [0.29, 0.717) is 36.7 Å². The van der Waals surface area contributed by atoms with E-state index in [1.807, 2.05) is 0 Å². The molecule has 0 unspecified atom stereocenters. The molecule has 1 aromatic carbocycles. The number of carbonyl (C=O) groups excluding carboxylic acids is 1. The number of anilines is 1. The van der Waals surface area contributed by atoms with Gasteiger partial charge in [0.15, 0.2) is 0 Å². The molecule has 1 amide bonds. The van der Waals surface area contributed by atoms with E-state index in [2.05, 4.69) is 15.5 Å². The van der Waals surface area contributed by atoms with E-state index in [4.69, 9.17) is 4.52 Å². The fraction of sp³-hybridized carbons (Fsp3) is 0.316. The zero-order chi connectivity index (χ0) is 21.3. The van der Waals surface area contributed by atoms with Crippen LogP contribution in [0.25, 0.3) is 11.4 Å². The van der Waals surface area contributed by atoms with Gasteiger partial charge in [-0.2, -0.15) is 9.29 Å². The van der Waals surface area contributed by atoms with Crippen molar-refractivity contribution in [1.82, 2.24) is 14.4 Å². The van der Waals surface area contributed by atoms with Gasteiger partial charge in [0.1, 0.15) is 10.0 Å². The van der Waals surface area contributed by atoms with Gasteiger partial charge in [0.05, 0.1) is 11.6 Å². The second-order valence-electron chi connectivity index (χ2n) is 6.96. The van der Waals surface area contributed by atoms with E-state index in [-0.39, 0.29) is 16.4 Å². The lowest BCUT2D eigenvalue weighted by Gasteiger charge is -2.30. The Hall–Kier alpha value is -2.63. The Labute approximate surface area is 176 Å². The Bertz CT molecular complexity index is 1170. The molecule has 0 saturated carbocycles. The van der Waals surface area contributed by atoms with Crippen molar-refractivity contribution in [2.75, 3.05) is 18.4 Å². The Kier molecular flexibility index (Phi) is 5.67.